The molecule has 20 heteroatoms. The fourth-order valence-corrected chi connectivity index (χ4v) is 7.21. The van der Waals surface area contributed by atoms with Crippen LogP contribution in [0.15, 0.2) is 47.6 Å². The molecule has 5 rings (SSSR count). The molecule has 8 radical (unpaired) electrons. The Morgan fingerprint density at radius 3 is 2.46 bits per heavy atom. The van der Waals surface area contributed by atoms with Crippen LogP contribution in [0.3, 0.4) is 0 Å². The number of sulfonamides is 1. The van der Waals surface area contributed by atoms with E-state index in [0.717, 1.165) is 25.8 Å². The third-order valence-electron chi connectivity index (χ3n) is 9.18. The molecule has 1 saturated heterocycles. The molecule has 3 aromatic rings. The van der Waals surface area contributed by atoms with Crippen molar-refractivity contribution in [1.82, 2.24) is 29.8 Å². The molecule has 0 bridgehead atoms. The van der Waals surface area contributed by atoms with Crippen LogP contribution >= 0.6 is 11.6 Å². The highest BCUT2D eigenvalue weighted by Gasteiger charge is 2.71. The van der Waals surface area contributed by atoms with Crippen LogP contribution in [0.4, 0.5) is 19.0 Å². The number of alkyl halides is 3. The molecular formula is C30H33B4ClF3N7O4S. The number of carbonyl (C=O) groups is 1. The normalized spacial score (nSPS) is 18.8. The molecule has 2 aliphatic rings. The van der Waals surface area contributed by atoms with Gasteiger partial charge in [0, 0.05) is 24.3 Å². The summed E-state index contributed by atoms with van der Waals surface area (Å²) >= 11 is 6.25. The molecule has 0 unspecified atom stereocenters. The minimum Gasteiger partial charge on any atom is -0.478 e. The number of rotatable bonds is 14. The maximum atomic E-state index is 13.7. The SMILES string of the molecule is [B]C([B])(COc1ccn(-c2ccc(C(=O)NS(=O)(=O)c3cccc(NCCC[C@@H]4CNC(C)(C)C4)n3)c(Cl)n2)n1)C([B])([B])C1(C(F)(F)F)CC1. The average molecular weight is 723 g/mol. The van der Waals surface area contributed by atoms with Gasteiger partial charge in [0.25, 0.3) is 15.9 Å². The molecule has 1 saturated carbocycles. The molecule has 3 aromatic heterocycles. The Morgan fingerprint density at radius 2 is 1.84 bits per heavy atom. The zero-order valence-corrected chi connectivity index (χ0v) is 29.0. The second kappa shape index (κ2) is 13.8. The van der Waals surface area contributed by atoms with Crippen LogP contribution in [0.5, 0.6) is 5.88 Å². The first-order valence-corrected chi connectivity index (χ1v) is 17.6. The number of nitrogens with one attached hydrogen (secondary N) is 3. The van der Waals surface area contributed by atoms with Crippen molar-refractivity contribution in [1.29, 1.82) is 0 Å². The number of amides is 1. The molecule has 11 nitrogen and oxygen atoms in total. The first-order valence-electron chi connectivity index (χ1n) is 15.8. The summed E-state index contributed by atoms with van der Waals surface area (Å²) in [5.74, 6) is -0.144. The summed E-state index contributed by atoms with van der Waals surface area (Å²) in [5, 5.41) is 5.19. The van der Waals surface area contributed by atoms with E-state index < -0.39 is 44.6 Å². The lowest BCUT2D eigenvalue weighted by Crippen LogP contribution is -2.48. The third-order valence-corrected chi connectivity index (χ3v) is 10.7. The highest BCUT2D eigenvalue weighted by atomic mass is 35.5. The Kier molecular flexibility index (Phi) is 10.5. The van der Waals surface area contributed by atoms with Crippen LogP contribution in [0.25, 0.3) is 5.82 Å². The lowest BCUT2D eigenvalue weighted by atomic mass is 9.26. The lowest BCUT2D eigenvalue weighted by Gasteiger charge is -2.50. The monoisotopic (exact) mass is 723 g/mol. The smallest absolute Gasteiger partial charge is 0.393 e. The summed E-state index contributed by atoms with van der Waals surface area (Å²) in [4.78, 5) is 21.2. The Hall–Kier alpha value is -3.17. The van der Waals surface area contributed by atoms with Gasteiger partial charge in [-0.1, -0.05) is 28.1 Å². The van der Waals surface area contributed by atoms with Crippen molar-refractivity contribution in [3.8, 4) is 11.7 Å². The van der Waals surface area contributed by atoms with E-state index >= 15 is 0 Å². The van der Waals surface area contributed by atoms with E-state index in [0.29, 0.717) is 18.3 Å². The van der Waals surface area contributed by atoms with Gasteiger partial charge in [0.15, 0.2) is 10.8 Å². The van der Waals surface area contributed by atoms with Crippen LogP contribution in [0.1, 0.15) is 56.3 Å². The van der Waals surface area contributed by atoms with Gasteiger partial charge in [-0.25, -0.2) is 19.4 Å². The van der Waals surface area contributed by atoms with Crippen LogP contribution < -0.4 is 20.1 Å². The minimum absolute atomic E-state index is 0.0883. The molecule has 1 atom stereocenters. The molecule has 3 N–H and O–H groups in total. The van der Waals surface area contributed by atoms with Gasteiger partial charge in [-0.2, -0.15) is 21.6 Å². The topological polar surface area (TPSA) is 140 Å². The minimum atomic E-state index is -4.72. The largest absolute Gasteiger partial charge is 0.478 e. The molecule has 0 aromatic carbocycles. The molecular weight excluding hydrogens is 690 g/mol. The van der Waals surface area contributed by atoms with Crippen molar-refractivity contribution in [2.24, 2.45) is 11.3 Å². The quantitative estimate of drug-likeness (QED) is 0.129. The number of hydrogen-bond acceptors (Lipinski definition) is 9. The molecule has 4 heterocycles. The third kappa shape index (κ3) is 7.99. The van der Waals surface area contributed by atoms with Gasteiger partial charge in [0.2, 0.25) is 5.88 Å². The van der Waals surface area contributed by atoms with E-state index in [2.05, 4.69) is 39.5 Å². The van der Waals surface area contributed by atoms with Crippen LogP contribution in [0, 0.1) is 11.3 Å². The maximum Gasteiger partial charge on any atom is 0.393 e. The second-order valence-corrected chi connectivity index (χ2v) is 15.6. The Labute approximate surface area is 299 Å². The summed E-state index contributed by atoms with van der Waals surface area (Å²) in [7, 11) is 19.2. The standard InChI is InChI=1S/C30H33B4ClF3N7O4S/c1-26(2)15-18(16-40-26)5-4-13-39-20-6-3-7-23(41-20)50(47,48)44-25(46)19-8-9-21(42-24(19)35)45-14-10-22(43-45)49-17-28(31,32)29(33,34)27(11-12-27)30(36,37)38/h3,6-10,14,18,40H,4-5,11-13,15-17H2,1-2H3,(H,39,41)(H,44,46)/t18-/m0/s1. The van der Waals surface area contributed by atoms with Gasteiger partial charge < -0.3 is 15.4 Å². The van der Waals surface area contributed by atoms with Crippen molar-refractivity contribution in [2.45, 2.75) is 73.1 Å². The fourth-order valence-electron chi connectivity index (χ4n) is 6.04. The zero-order chi connectivity index (χ0) is 36.8. The number of carbonyl (C=O) groups excluding carboxylic acids is 1. The average Bonchev–Trinajstić information content (AvgIpc) is 3.62. The summed E-state index contributed by atoms with van der Waals surface area (Å²) in [6, 6.07) is 8.31. The number of anilines is 1. The molecule has 1 amide bonds. The number of ether oxygens (including phenoxy) is 1. The second-order valence-electron chi connectivity index (χ2n) is 13.6. The van der Waals surface area contributed by atoms with Crippen LogP contribution in [-0.2, 0) is 10.0 Å². The number of hydrogen-bond donors (Lipinski definition) is 3. The number of pyridine rings is 2. The number of aromatic nitrogens is 4. The Balaban J connectivity index is 1.17. The summed E-state index contributed by atoms with van der Waals surface area (Å²) in [6.45, 7) is 5.22. The summed E-state index contributed by atoms with van der Waals surface area (Å²) in [5.41, 5.74) is -2.56. The van der Waals surface area contributed by atoms with Crippen molar-refractivity contribution in [3.05, 3.63) is 53.3 Å². The van der Waals surface area contributed by atoms with E-state index in [1.807, 2.05) is 4.72 Å². The fraction of sp³-hybridized carbons (Fsp3) is 0.533. The molecule has 0 spiro atoms. The molecule has 1 aliphatic carbocycles. The van der Waals surface area contributed by atoms with Gasteiger partial charge in [0.05, 0.1) is 49.0 Å². The molecule has 2 fully saturated rings. The summed E-state index contributed by atoms with van der Waals surface area (Å²) < 4.78 is 75.6. The number of nitrogens with zero attached hydrogens (tertiary/aromatic N) is 4. The number of halogens is 4. The van der Waals surface area contributed by atoms with E-state index in [1.165, 1.54) is 41.2 Å². The predicted octanol–water partition coefficient (Wildman–Crippen LogP) is 3.64. The molecule has 258 valence electrons. The van der Waals surface area contributed by atoms with E-state index in [1.54, 1.807) is 6.07 Å². The summed E-state index contributed by atoms with van der Waals surface area (Å²) in [6.07, 6.45) is -0.991. The van der Waals surface area contributed by atoms with Gasteiger partial charge in [-0.3, -0.25) is 4.79 Å². The van der Waals surface area contributed by atoms with Gasteiger partial charge >= 0.3 is 6.18 Å². The molecule has 1 aliphatic heterocycles. The lowest BCUT2D eigenvalue weighted by molar-refractivity contribution is -0.193. The van der Waals surface area contributed by atoms with Crippen molar-refractivity contribution < 1.29 is 31.1 Å². The van der Waals surface area contributed by atoms with Gasteiger partial charge in [-0.15, -0.1) is 5.10 Å². The first-order chi connectivity index (χ1) is 23.2. The van der Waals surface area contributed by atoms with Crippen LogP contribution in [0.2, 0.25) is 15.6 Å². The van der Waals surface area contributed by atoms with E-state index in [9.17, 15) is 26.4 Å². The highest BCUT2D eigenvalue weighted by Crippen LogP contribution is 2.73. The van der Waals surface area contributed by atoms with Crippen molar-refractivity contribution >= 4 is 64.7 Å². The van der Waals surface area contributed by atoms with Crippen LogP contribution in [-0.4, -0.2) is 96.9 Å². The van der Waals surface area contributed by atoms with E-state index in [-0.39, 0.29) is 45.8 Å². The van der Waals surface area contributed by atoms with Gasteiger partial charge in [-0.05, 0) is 82.7 Å². The maximum absolute atomic E-state index is 13.7. The molecule has 50 heavy (non-hydrogen) atoms. The van der Waals surface area contributed by atoms with E-state index in [4.69, 9.17) is 47.7 Å². The van der Waals surface area contributed by atoms with Gasteiger partial charge in [0.1, 0.15) is 11.0 Å². The Morgan fingerprint density at radius 1 is 1.12 bits per heavy atom. The Bertz CT molecular complexity index is 1840. The first kappa shape index (κ1) is 38.1. The zero-order valence-electron chi connectivity index (χ0n) is 27.4. The predicted molar refractivity (Wildman–Crippen MR) is 185 cm³/mol. The van der Waals surface area contributed by atoms with Crippen molar-refractivity contribution in [2.75, 3.05) is 25.0 Å². The van der Waals surface area contributed by atoms with Crippen molar-refractivity contribution in [3.63, 3.8) is 0 Å². The highest BCUT2D eigenvalue weighted by molar-refractivity contribution is 7.90.